The number of aromatic nitrogens is 4. The fourth-order valence-electron chi connectivity index (χ4n) is 2.45. The molecule has 0 saturated heterocycles. The summed E-state index contributed by atoms with van der Waals surface area (Å²) in [4.78, 5) is 12.4. The van der Waals surface area contributed by atoms with Crippen molar-refractivity contribution >= 4 is 21.6 Å². The quantitative estimate of drug-likeness (QED) is 0.687. The Morgan fingerprint density at radius 3 is 2.50 bits per heavy atom. The summed E-state index contributed by atoms with van der Waals surface area (Å²) in [5, 5.41) is 18.8. The smallest absolute Gasteiger partial charge is 0.255 e. The van der Waals surface area contributed by atoms with Gasteiger partial charge >= 0.3 is 0 Å². The van der Waals surface area contributed by atoms with Crippen LogP contribution in [-0.4, -0.2) is 34.5 Å². The van der Waals surface area contributed by atoms with E-state index in [1.807, 2.05) is 6.92 Å². The molecule has 0 fully saturated rings. The number of sulfonamides is 1. The third kappa shape index (κ3) is 4.29. The second-order valence-electron chi connectivity index (χ2n) is 5.71. The van der Waals surface area contributed by atoms with E-state index in [1.54, 1.807) is 42.5 Å². The van der Waals surface area contributed by atoms with Gasteiger partial charge in [-0.05, 0) is 58.8 Å². The van der Waals surface area contributed by atoms with Crippen LogP contribution in [0.15, 0.2) is 48.8 Å². The van der Waals surface area contributed by atoms with Crippen LogP contribution in [0, 0.1) is 6.92 Å². The molecule has 1 aromatic heterocycles. The molecule has 0 spiro atoms. The molecule has 134 valence electrons. The predicted octanol–water partition coefficient (Wildman–Crippen LogP) is 1.01. The number of hydrogen-bond donors (Lipinski definition) is 2. The van der Waals surface area contributed by atoms with Gasteiger partial charge in [0.05, 0.1) is 11.4 Å². The van der Waals surface area contributed by atoms with Crippen LogP contribution in [0.25, 0.3) is 5.69 Å². The number of tetrazole rings is 1. The lowest BCUT2D eigenvalue weighted by Gasteiger charge is -2.09. The first-order chi connectivity index (χ1) is 12.3. The molecule has 10 heteroatoms. The second-order valence-corrected chi connectivity index (χ2v) is 7.33. The molecular formula is C16H16N6O3S. The van der Waals surface area contributed by atoms with Crippen LogP contribution < -0.4 is 10.5 Å². The lowest BCUT2D eigenvalue weighted by molar-refractivity contribution is 0.102. The minimum Gasteiger partial charge on any atom is -0.322 e. The lowest BCUT2D eigenvalue weighted by Crippen LogP contribution is -2.15. The van der Waals surface area contributed by atoms with E-state index >= 15 is 0 Å². The average molecular weight is 372 g/mol. The van der Waals surface area contributed by atoms with Gasteiger partial charge in [0.15, 0.2) is 0 Å². The maximum atomic E-state index is 12.4. The zero-order valence-corrected chi connectivity index (χ0v) is 14.6. The third-order valence-corrected chi connectivity index (χ3v) is 4.37. The SMILES string of the molecule is Cc1cc(C(=O)Nc2ccc(CS(N)(=O)=O)cc2)ccc1-n1cnnn1. The van der Waals surface area contributed by atoms with Crippen LogP contribution >= 0.6 is 0 Å². The van der Waals surface area contributed by atoms with Crippen molar-refractivity contribution in [2.45, 2.75) is 12.7 Å². The lowest BCUT2D eigenvalue weighted by atomic mass is 10.1. The standard InChI is InChI=1S/C16H16N6O3S/c1-11-8-13(4-7-15(11)22-10-18-20-21-22)16(23)19-14-5-2-12(3-6-14)9-26(17,24)25/h2-8,10H,9H2,1H3,(H,19,23)(H2,17,24,25). The van der Waals surface area contributed by atoms with Crippen molar-refractivity contribution in [2.75, 3.05) is 5.32 Å². The summed E-state index contributed by atoms with van der Waals surface area (Å²) < 4.78 is 23.7. The zero-order valence-electron chi connectivity index (χ0n) is 13.8. The van der Waals surface area contributed by atoms with Crippen molar-refractivity contribution in [1.82, 2.24) is 20.2 Å². The molecule has 0 bridgehead atoms. The molecule has 0 aliphatic rings. The van der Waals surface area contributed by atoms with Crippen molar-refractivity contribution in [3.63, 3.8) is 0 Å². The number of benzene rings is 2. The van der Waals surface area contributed by atoms with Crippen LogP contribution in [0.2, 0.25) is 0 Å². The average Bonchev–Trinajstić information content (AvgIpc) is 3.09. The van der Waals surface area contributed by atoms with Crippen LogP contribution in [0.1, 0.15) is 21.5 Å². The topological polar surface area (TPSA) is 133 Å². The molecule has 0 aliphatic heterocycles. The Labute approximate surface area is 149 Å². The van der Waals surface area contributed by atoms with Gasteiger partial charge in [-0.15, -0.1) is 5.10 Å². The van der Waals surface area contributed by atoms with Gasteiger partial charge in [-0.25, -0.2) is 18.2 Å². The van der Waals surface area contributed by atoms with Crippen LogP contribution in [0.4, 0.5) is 5.69 Å². The molecule has 0 atom stereocenters. The number of rotatable bonds is 5. The Bertz CT molecular complexity index is 1030. The summed E-state index contributed by atoms with van der Waals surface area (Å²) in [6.45, 7) is 1.86. The molecule has 9 nitrogen and oxygen atoms in total. The normalized spacial score (nSPS) is 11.3. The third-order valence-electron chi connectivity index (χ3n) is 3.63. The van der Waals surface area contributed by atoms with E-state index in [-0.39, 0.29) is 11.7 Å². The van der Waals surface area contributed by atoms with Crippen LogP contribution in [-0.2, 0) is 15.8 Å². The fraction of sp³-hybridized carbons (Fsp3) is 0.125. The number of amides is 1. The fourth-order valence-corrected chi connectivity index (χ4v) is 3.10. The van der Waals surface area contributed by atoms with Gasteiger partial charge < -0.3 is 5.32 Å². The molecule has 26 heavy (non-hydrogen) atoms. The summed E-state index contributed by atoms with van der Waals surface area (Å²) in [7, 11) is -3.59. The van der Waals surface area contributed by atoms with Crippen LogP contribution in [0.3, 0.4) is 0 Å². The van der Waals surface area contributed by atoms with Gasteiger partial charge in [-0.2, -0.15) is 0 Å². The number of carbonyl (C=O) groups excluding carboxylic acids is 1. The highest BCUT2D eigenvalue weighted by Crippen LogP contribution is 2.17. The zero-order chi connectivity index (χ0) is 18.7. The van der Waals surface area contributed by atoms with E-state index in [4.69, 9.17) is 5.14 Å². The number of nitrogens with zero attached hydrogens (tertiary/aromatic N) is 4. The Balaban J connectivity index is 1.73. The molecule has 3 rings (SSSR count). The monoisotopic (exact) mass is 372 g/mol. The van der Waals surface area contributed by atoms with E-state index in [2.05, 4.69) is 20.8 Å². The van der Waals surface area contributed by atoms with Crippen molar-refractivity contribution in [2.24, 2.45) is 5.14 Å². The predicted molar refractivity (Wildman–Crippen MR) is 95.1 cm³/mol. The first kappa shape index (κ1) is 17.7. The highest BCUT2D eigenvalue weighted by molar-refractivity contribution is 7.88. The van der Waals surface area contributed by atoms with E-state index in [9.17, 15) is 13.2 Å². The number of aryl methyl sites for hydroxylation is 1. The molecule has 1 amide bonds. The number of hydrogen-bond acceptors (Lipinski definition) is 6. The molecular weight excluding hydrogens is 356 g/mol. The maximum absolute atomic E-state index is 12.4. The van der Waals surface area contributed by atoms with Gasteiger partial charge in [0.1, 0.15) is 6.33 Å². The van der Waals surface area contributed by atoms with Crippen molar-refractivity contribution in [3.8, 4) is 5.69 Å². The first-order valence-corrected chi connectivity index (χ1v) is 9.28. The molecule has 0 unspecified atom stereocenters. The van der Waals surface area contributed by atoms with Crippen LogP contribution in [0.5, 0.6) is 0 Å². The van der Waals surface area contributed by atoms with Gasteiger partial charge in [0.25, 0.3) is 5.91 Å². The summed E-state index contributed by atoms with van der Waals surface area (Å²) in [6.07, 6.45) is 1.48. The Hall–Kier alpha value is -3.11. The van der Waals surface area contributed by atoms with Gasteiger partial charge in [0, 0.05) is 11.3 Å². The maximum Gasteiger partial charge on any atom is 0.255 e. The molecule has 0 saturated carbocycles. The summed E-state index contributed by atoms with van der Waals surface area (Å²) in [6, 6.07) is 11.6. The minimum atomic E-state index is -3.59. The largest absolute Gasteiger partial charge is 0.322 e. The Morgan fingerprint density at radius 1 is 1.19 bits per heavy atom. The van der Waals surface area contributed by atoms with Crippen molar-refractivity contribution in [1.29, 1.82) is 0 Å². The van der Waals surface area contributed by atoms with E-state index < -0.39 is 10.0 Å². The minimum absolute atomic E-state index is 0.251. The highest BCUT2D eigenvalue weighted by Gasteiger charge is 2.10. The number of nitrogens with two attached hydrogens (primary N) is 1. The van der Waals surface area contributed by atoms with Crippen molar-refractivity contribution < 1.29 is 13.2 Å². The van der Waals surface area contributed by atoms with Crippen molar-refractivity contribution in [3.05, 3.63) is 65.5 Å². The summed E-state index contributed by atoms with van der Waals surface area (Å²) in [5.41, 5.74) is 3.20. The first-order valence-electron chi connectivity index (χ1n) is 7.56. The highest BCUT2D eigenvalue weighted by atomic mass is 32.2. The molecule has 3 aromatic rings. The Kier molecular flexibility index (Phi) is 4.78. The van der Waals surface area contributed by atoms with E-state index in [1.165, 1.54) is 11.0 Å². The molecule has 0 radical (unpaired) electrons. The summed E-state index contributed by atoms with van der Waals surface area (Å²) >= 11 is 0. The summed E-state index contributed by atoms with van der Waals surface area (Å²) in [5.74, 6) is -0.533. The Morgan fingerprint density at radius 2 is 1.92 bits per heavy atom. The van der Waals surface area contributed by atoms with E-state index in [0.29, 0.717) is 16.8 Å². The number of carbonyl (C=O) groups is 1. The van der Waals surface area contributed by atoms with Gasteiger partial charge in [-0.3, -0.25) is 4.79 Å². The number of anilines is 1. The molecule has 3 N–H and O–H groups in total. The number of primary sulfonamides is 1. The van der Waals surface area contributed by atoms with E-state index in [0.717, 1.165) is 11.3 Å². The molecule has 2 aromatic carbocycles. The molecule has 0 aliphatic carbocycles. The van der Waals surface area contributed by atoms with Gasteiger partial charge in [0.2, 0.25) is 10.0 Å². The second kappa shape index (κ2) is 7.02. The number of nitrogens with one attached hydrogen (secondary N) is 1. The molecule has 1 heterocycles. The van der Waals surface area contributed by atoms with Gasteiger partial charge in [-0.1, -0.05) is 12.1 Å².